The van der Waals surface area contributed by atoms with Crippen LogP contribution in [0.25, 0.3) is 0 Å². The number of hydrogen-bond acceptors (Lipinski definition) is 5. The number of piperazine rings is 1. The van der Waals surface area contributed by atoms with E-state index in [4.69, 9.17) is 4.74 Å². The van der Waals surface area contributed by atoms with E-state index in [1.807, 2.05) is 29.2 Å². The zero-order valence-electron chi connectivity index (χ0n) is 17.8. The molecule has 1 fully saturated rings. The number of rotatable bonds is 6. The van der Waals surface area contributed by atoms with Crippen molar-refractivity contribution in [3.05, 3.63) is 24.3 Å². The highest BCUT2D eigenvalue weighted by Crippen LogP contribution is 2.22. The smallest absolute Gasteiger partial charge is 0.325 e. The average molecular weight is 405 g/mol. The zero-order valence-corrected chi connectivity index (χ0v) is 17.8. The Bertz CT molecular complexity index is 704. The molecule has 2 rings (SSSR count). The molecule has 0 radical (unpaired) electrons. The van der Waals surface area contributed by atoms with Crippen LogP contribution in [0.15, 0.2) is 24.3 Å². The first-order valence-electron chi connectivity index (χ1n) is 10.0. The molecule has 0 bridgehead atoms. The Balaban J connectivity index is 1.80. The first-order valence-corrected chi connectivity index (χ1v) is 10.0. The Hall–Kier alpha value is -2.77. The molecule has 1 aliphatic heterocycles. The van der Waals surface area contributed by atoms with Crippen LogP contribution in [0.1, 0.15) is 34.1 Å². The van der Waals surface area contributed by atoms with Gasteiger partial charge in [-0.15, -0.1) is 0 Å². The molecular formula is C21H32N4O4. The highest BCUT2D eigenvalue weighted by Gasteiger charge is 2.24. The summed E-state index contributed by atoms with van der Waals surface area (Å²) in [5.41, 5.74) is 1.68. The van der Waals surface area contributed by atoms with E-state index in [1.165, 1.54) is 0 Å². The van der Waals surface area contributed by atoms with Crippen LogP contribution < -0.4 is 15.5 Å². The van der Waals surface area contributed by atoms with Gasteiger partial charge >= 0.3 is 12.0 Å². The lowest BCUT2D eigenvalue weighted by Gasteiger charge is -2.37. The minimum atomic E-state index is -0.474. The van der Waals surface area contributed by atoms with Gasteiger partial charge in [0.15, 0.2) is 0 Å². The molecule has 0 spiro atoms. The number of amides is 3. The van der Waals surface area contributed by atoms with Gasteiger partial charge in [-0.25, -0.2) is 4.79 Å². The van der Waals surface area contributed by atoms with Crippen molar-refractivity contribution in [2.45, 2.75) is 34.1 Å². The standard InChI is InChI=1S/C21H32N4O4/c1-5-29-19(27)15-22-20(28)23-16-6-8-17(9-7-16)24-10-12-25(13-11-24)18(26)14-21(2,3)4/h6-9H,5,10-15H2,1-4H3,(H2,22,23,28). The molecule has 8 heteroatoms. The Labute approximate surface area is 172 Å². The molecule has 1 aromatic carbocycles. The number of urea groups is 1. The van der Waals surface area contributed by atoms with E-state index < -0.39 is 12.0 Å². The van der Waals surface area contributed by atoms with Crippen LogP contribution in [0.3, 0.4) is 0 Å². The van der Waals surface area contributed by atoms with Gasteiger partial charge in [0.25, 0.3) is 0 Å². The Kier molecular flexibility index (Phi) is 7.87. The number of ether oxygens (including phenoxy) is 1. The largest absolute Gasteiger partial charge is 0.465 e. The van der Waals surface area contributed by atoms with Gasteiger partial charge in [0.1, 0.15) is 6.54 Å². The average Bonchev–Trinajstić information content (AvgIpc) is 2.66. The van der Waals surface area contributed by atoms with Gasteiger partial charge in [0, 0.05) is 44.0 Å². The molecule has 0 aliphatic carbocycles. The van der Waals surface area contributed by atoms with Crippen molar-refractivity contribution < 1.29 is 19.1 Å². The minimum absolute atomic E-state index is 0.000344. The number of nitrogens with zero attached hydrogens (tertiary/aromatic N) is 2. The molecule has 3 amide bonds. The summed E-state index contributed by atoms with van der Waals surface area (Å²) in [7, 11) is 0. The van der Waals surface area contributed by atoms with E-state index in [0.717, 1.165) is 18.8 Å². The summed E-state index contributed by atoms with van der Waals surface area (Å²) in [6.07, 6.45) is 0.561. The summed E-state index contributed by atoms with van der Waals surface area (Å²) >= 11 is 0. The normalized spacial score (nSPS) is 14.3. The van der Waals surface area contributed by atoms with Crippen molar-refractivity contribution in [2.24, 2.45) is 5.41 Å². The van der Waals surface area contributed by atoms with Crippen LogP contribution in [0.4, 0.5) is 16.2 Å². The first-order chi connectivity index (χ1) is 13.7. The maximum absolute atomic E-state index is 12.4. The van der Waals surface area contributed by atoms with E-state index in [9.17, 15) is 14.4 Å². The minimum Gasteiger partial charge on any atom is -0.465 e. The quantitative estimate of drug-likeness (QED) is 0.711. The van der Waals surface area contributed by atoms with Gasteiger partial charge in [-0.3, -0.25) is 9.59 Å². The van der Waals surface area contributed by atoms with E-state index >= 15 is 0 Å². The van der Waals surface area contributed by atoms with Crippen LogP contribution in [0.2, 0.25) is 0 Å². The molecule has 0 unspecified atom stereocenters. The Morgan fingerprint density at radius 1 is 1.03 bits per heavy atom. The third-order valence-electron chi connectivity index (χ3n) is 4.50. The van der Waals surface area contributed by atoms with Gasteiger partial charge in [-0.1, -0.05) is 20.8 Å². The van der Waals surface area contributed by atoms with E-state index in [0.29, 0.717) is 25.2 Å². The Morgan fingerprint density at radius 2 is 1.66 bits per heavy atom. The predicted octanol–water partition coefficient (Wildman–Crippen LogP) is 2.46. The van der Waals surface area contributed by atoms with Gasteiger partial charge in [0.05, 0.1) is 6.61 Å². The third kappa shape index (κ3) is 7.63. The zero-order chi connectivity index (χ0) is 21.4. The fourth-order valence-electron chi connectivity index (χ4n) is 3.07. The summed E-state index contributed by atoms with van der Waals surface area (Å²) in [6, 6.07) is 7.05. The number of hydrogen-bond donors (Lipinski definition) is 2. The van der Waals surface area contributed by atoms with Gasteiger partial charge in [-0.2, -0.15) is 0 Å². The highest BCUT2D eigenvalue weighted by molar-refractivity contribution is 5.91. The van der Waals surface area contributed by atoms with Crippen molar-refractivity contribution in [3.63, 3.8) is 0 Å². The summed E-state index contributed by atoms with van der Waals surface area (Å²) in [5, 5.41) is 5.14. The van der Waals surface area contributed by atoms with Crippen molar-refractivity contribution in [3.8, 4) is 0 Å². The predicted molar refractivity (Wildman–Crippen MR) is 113 cm³/mol. The second-order valence-corrected chi connectivity index (χ2v) is 8.26. The SMILES string of the molecule is CCOC(=O)CNC(=O)Nc1ccc(N2CCN(C(=O)CC(C)(C)C)CC2)cc1. The fraction of sp³-hybridized carbons (Fsp3) is 0.571. The molecule has 1 saturated heterocycles. The summed E-state index contributed by atoms with van der Waals surface area (Å²) < 4.78 is 4.76. The molecule has 1 aliphatic rings. The summed E-state index contributed by atoms with van der Waals surface area (Å²) in [6.45, 7) is 11.0. The van der Waals surface area contributed by atoms with Crippen LogP contribution in [0.5, 0.6) is 0 Å². The molecule has 0 aromatic heterocycles. The van der Waals surface area contributed by atoms with Gasteiger partial charge in [0.2, 0.25) is 5.91 Å². The molecule has 29 heavy (non-hydrogen) atoms. The van der Waals surface area contributed by atoms with Gasteiger partial charge in [-0.05, 0) is 36.6 Å². The van der Waals surface area contributed by atoms with E-state index in [-0.39, 0.29) is 24.5 Å². The molecule has 1 heterocycles. The molecule has 1 aromatic rings. The fourth-order valence-corrected chi connectivity index (χ4v) is 3.07. The number of carbonyl (C=O) groups excluding carboxylic acids is 3. The van der Waals surface area contributed by atoms with Crippen LogP contribution in [-0.2, 0) is 14.3 Å². The second kappa shape index (κ2) is 10.1. The number of anilines is 2. The number of benzene rings is 1. The molecule has 8 nitrogen and oxygen atoms in total. The van der Waals surface area contributed by atoms with Gasteiger partial charge < -0.3 is 25.2 Å². The van der Waals surface area contributed by atoms with Crippen LogP contribution >= 0.6 is 0 Å². The van der Waals surface area contributed by atoms with Crippen molar-refractivity contribution in [2.75, 3.05) is 49.5 Å². The summed E-state index contributed by atoms with van der Waals surface area (Å²) in [5.74, 6) is -0.261. The van der Waals surface area contributed by atoms with Crippen molar-refractivity contribution >= 4 is 29.3 Å². The highest BCUT2D eigenvalue weighted by atomic mass is 16.5. The second-order valence-electron chi connectivity index (χ2n) is 8.26. The lowest BCUT2D eigenvalue weighted by atomic mass is 9.91. The maximum atomic E-state index is 12.4. The summed E-state index contributed by atoms with van der Waals surface area (Å²) in [4.78, 5) is 39.6. The lowest BCUT2D eigenvalue weighted by molar-refractivity contribution is -0.141. The lowest BCUT2D eigenvalue weighted by Crippen LogP contribution is -2.49. The van der Waals surface area contributed by atoms with E-state index in [1.54, 1.807) is 6.92 Å². The van der Waals surface area contributed by atoms with Crippen molar-refractivity contribution in [1.82, 2.24) is 10.2 Å². The first kappa shape index (κ1) is 22.5. The topological polar surface area (TPSA) is 91.0 Å². The molecule has 2 N–H and O–H groups in total. The number of esters is 1. The molecular weight excluding hydrogens is 372 g/mol. The molecule has 0 saturated carbocycles. The molecule has 0 atom stereocenters. The maximum Gasteiger partial charge on any atom is 0.325 e. The number of nitrogens with one attached hydrogen (secondary N) is 2. The van der Waals surface area contributed by atoms with E-state index in [2.05, 4.69) is 36.3 Å². The Morgan fingerprint density at radius 3 is 2.21 bits per heavy atom. The number of carbonyl (C=O) groups is 3. The third-order valence-corrected chi connectivity index (χ3v) is 4.50. The monoisotopic (exact) mass is 404 g/mol. The molecule has 160 valence electrons. The van der Waals surface area contributed by atoms with Crippen LogP contribution in [-0.4, -0.2) is 62.1 Å². The van der Waals surface area contributed by atoms with Crippen LogP contribution in [0, 0.1) is 5.41 Å². The van der Waals surface area contributed by atoms with Crippen molar-refractivity contribution in [1.29, 1.82) is 0 Å².